The van der Waals surface area contributed by atoms with Gasteiger partial charge >= 0.3 is 12.1 Å². The Balaban J connectivity index is 2.40. The highest BCUT2D eigenvalue weighted by Crippen LogP contribution is 2.46. The molecule has 1 amide bonds. The predicted molar refractivity (Wildman–Crippen MR) is 81.6 cm³/mol. The average Bonchev–Trinajstić information content (AvgIpc) is 3.07. The highest BCUT2D eigenvalue weighted by Gasteiger charge is 2.64. The molecule has 1 atom stereocenters. The molecule has 0 aromatic carbocycles. The maximum Gasteiger partial charge on any atom is 0.406 e. The number of aromatic amines is 1. The molecule has 138 valence electrons. The van der Waals surface area contributed by atoms with Crippen LogP contribution in [-0.2, 0) is 11.2 Å². The number of amides is 1. The number of hydrogen-bond acceptors (Lipinski definition) is 3. The van der Waals surface area contributed by atoms with Gasteiger partial charge in [0.05, 0.1) is 0 Å². The van der Waals surface area contributed by atoms with Crippen LogP contribution in [0.3, 0.4) is 0 Å². The summed E-state index contributed by atoms with van der Waals surface area (Å²) in [6.45, 7) is 3.42. The van der Waals surface area contributed by atoms with E-state index in [1.807, 2.05) is 0 Å². The molecule has 6 nitrogen and oxygen atoms in total. The lowest BCUT2D eigenvalue weighted by Crippen LogP contribution is -2.47. The first-order valence-corrected chi connectivity index (χ1v) is 7.78. The van der Waals surface area contributed by atoms with Gasteiger partial charge in [-0.1, -0.05) is 6.92 Å². The Kier molecular flexibility index (Phi) is 4.71. The molecule has 0 aliphatic carbocycles. The highest BCUT2D eigenvalue weighted by molar-refractivity contribution is 6.03. The number of nitrogens with zero attached hydrogens (tertiary/aromatic N) is 1. The lowest BCUT2D eigenvalue weighted by Gasteiger charge is -2.27. The van der Waals surface area contributed by atoms with Gasteiger partial charge in [-0.05, 0) is 32.3 Å². The third-order valence-electron chi connectivity index (χ3n) is 4.72. The molecule has 0 radical (unpaired) electrons. The zero-order chi connectivity index (χ0) is 19.2. The van der Waals surface area contributed by atoms with Crippen LogP contribution in [0.4, 0.5) is 13.2 Å². The van der Waals surface area contributed by atoms with Gasteiger partial charge in [-0.2, -0.15) is 13.2 Å². The monoisotopic (exact) mass is 360 g/mol. The van der Waals surface area contributed by atoms with Gasteiger partial charge in [0, 0.05) is 24.3 Å². The number of carbonyl (C=O) groups excluding carboxylic acids is 2. The van der Waals surface area contributed by atoms with Crippen LogP contribution in [0.5, 0.6) is 0 Å². The van der Waals surface area contributed by atoms with E-state index in [2.05, 4.69) is 4.98 Å². The van der Waals surface area contributed by atoms with Crippen LogP contribution >= 0.6 is 0 Å². The summed E-state index contributed by atoms with van der Waals surface area (Å²) in [5.74, 6) is -2.96. The van der Waals surface area contributed by atoms with E-state index in [-0.39, 0.29) is 18.0 Å². The molecule has 1 unspecified atom stereocenters. The van der Waals surface area contributed by atoms with Crippen molar-refractivity contribution < 1.29 is 32.7 Å². The summed E-state index contributed by atoms with van der Waals surface area (Å²) in [6.07, 6.45) is -5.31. The molecule has 2 rings (SSSR count). The Morgan fingerprint density at radius 1 is 1.32 bits per heavy atom. The number of carboxylic acids is 1. The second-order valence-electron chi connectivity index (χ2n) is 6.25. The van der Waals surface area contributed by atoms with E-state index in [0.717, 1.165) is 4.90 Å². The molecule has 1 saturated heterocycles. The van der Waals surface area contributed by atoms with E-state index < -0.39 is 36.4 Å². The molecule has 0 bridgehead atoms. The Bertz CT molecular complexity index is 738. The number of hydrogen-bond donors (Lipinski definition) is 2. The predicted octanol–water partition coefficient (Wildman–Crippen LogP) is 2.57. The highest BCUT2D eigenvalue weighted by atomic mass is 19.4. The Hall–Kier alpha value is -2.32. The third kappa shape index (κ3) is 2.91. The normalized spacial score (nSPS) is 20.8. The molecule has 1 aliphatic rings. The van der Waals surface area contributed by atoms with Gasteiger partial charge in [0.1, 0.15) is 5.69 Å². The van der Waals surface area contributed by atoms with E-state index in [4.69, 9.17) is 5.11 Å². The van der Waals surface area contributed by atoms with Gasteiger partial charge in [-0.15, -0.1) is 0 Å². The van der Waals surface area contributed by atoms with Crippen LogP contribution < -0.4 is 0 Å². The molecule has 1 fully saturated rings. The summed E-state index contributed by atoms with van der Waals surface area (Å²) >= 11 is 0. The standard InChI is InChI=1S/C16H19F3N2O4/c1-4-10-11(9(3)22)8(2)20-12(10)13(23)21-6-5-15(7-21,14(24)25)16(17,18)19/h20H,4-7H2,1-3H3,(H,24,25). The summed E-state index contributed by atoms with van der Waals surface area (Å²) in [5, 5.41) is 9.08. The first kappa shape index (κ1) is 19.0. The fraction of sp³-hybridized carbons (Fsp3) is 0.562. The zero-order valence-corrected chi connectivity index (χ0v) is 14.1. The number of aryl methyl sites for hydroxylation is 1. The molecule has 1 aromatic heterocycles. The van der Waals surface area contributed by atoms with Gasteiger partial charge in [-0.3, -0.25) is 14.4 Å². The van der Waals surface area contributed by atoms with Crippen LogP contribution in [0.2, 0.25) is 0 Å². The van der Waals surface area contributed by atoms with E-state index in [0.29, 0.717) is 23.2 Å². The Labute approximate surface area is 142 Å². The first-order valence-electron chi connectivity index (χ1n) is 7.78. The van der Waals surface area contributed by atoms with Crippen LogP contribution in [0.15, 0.2) is 0 Å². The summed E-state index contributed by atoms with van der Waals surface area (Å²) in [6, 6.07) is 0. The van der Waals surface area contributed by atoms with Crippen molar-refractivity contribution >= 4 is 17.7 Å². The quantitative estimate of drug-likeness (QED) is 0.808. The molecule has 25 heavy (non-hydrogen) atoms. The van der Waals surface area contributed by atoms with E-state index in [1.165, 1.54) is 6.92 Å². The molecular weight excluding hydrogens is 341 g/mol. The molecule has 2 N–H and O–H groups in total. The lowest BCUT2D eigenvalue weighted by molar-refractivity contribution is -0.227. The number of likely N-dealkylation sites (tertiary alicyclic amines) is 1. The minimum Gasteiger partial charge on any atom is -0.481 e. The van der Waals surface area contributed by atoms with Gasteiger partial charge in [0.2, 0.25) is 0 Å². The fourth-order valence-electron chi connectivity index (χ4n) is 3.36. The van der Waals surface area contributed by atoms with Crippen molar-refractivity contribution in [2.75, 3.05) is 13.1 Å². The van der Waals surface area contributed by atoms with Crippen molar-refractivity contribution in [3.63, 3.8) is 0 Å². The molecule has 0 saturated carbocycles. The number of Topliss-reactive ketones (excluding diaryl/α,β-unsaturated/α-hetero) is 1. The van der Waals surface area contributed by atoms with E-state index >= 15 is 0 Å². The van der Waals surface area contributed by atoms with Crippen molar-refractivity contribution in [1.29, 1.82) is 0 Å². The number of halogens is 3. The van der Waals surface area contributed by atoms with Crippen molar-refractivity contribution in [3.05, 3.63) is 22.5 Å². The number of carboxylic acid groups (broad SMARTS) is 1. The molecule has 1 aliphatic heterocycles. The van der Waals surface area contributed by atoms with Crippen molar-refractivity contribution in [2.45, 2.75) is 39.8 Å². The number of H-pyrrole nitrogens is 1. The van der Waals surface area contributed by atoms with Crippen molar-refractivity contribution in [3.8, 4) is 0 Å². The van der Waals surface area contributed by atoms with Crippen molar-refractivity contribution in [2.24, 2.45) is 5.41 Å². The second-order valence-corrected chi connectivity index (χ2v) is 6.25. The third-order valence-corrected chi connectivity index (χ3v) is 4.72. The summed E-state index contributed by atoms with van der Waals surface area (Å²) < 4.78 is 39.8. The van der Waals surface area contributed by atoms with E-state index in [1.54, 1.807) is 13.8 Å². The number of nitrogens with one attached hydrogen (secondary N) is 1. The number of aromatic nitrogens is 1. The molecule has 9 heteroatoms. The minimum atomic E-state index is -4.96. The summed E-state index contributed by atoms with van der Waals surface area (Å²) in [4.78, 5) is 39.3. The summed E-state index contributed by atoms with van der Waals surface area (Å²) in [5.41, 5.74) is -1.65. The van der Waals surface area contributed by atoms with Gasteiger partial charge in [0.15, 0.2) is 11.2 Å². The Morgan fingerprint density at radius 3 is 2.32 bits per heavy atom. The van der Waals surface area contributed by atoms with Gasteiger partial charge in [-0.25, -0.2) is 0 Å². The lowest BCUT2D eigenvalue weighted by atomic mass is 9.86. The smallest absolute Gasteiger partial charge is 0.406 e. The van der Waals surface area contributed by atoms with Crippen LogP contribution in [-0.4, -0.2) is 51.9 Å². The number of alkyl halides is 3. The van der Waals surface area contributed by atoms with E-state index in [9.17, 15) is 27.6 Å². The number of rotatable bonds is 4. The minimum absolute atomic E-state index is 0.0496. The number of ketones is 1. The molecule has 1 aromatic rings. The Morgan fingerprint density at radius 2 is 1.92 bits per heavy atom. The average molecular weight is 360 g/mol. The van der Waals surface area contributed by atoms with Crippen LogP contribution in [0, 0.1) is 12.3 Å². The van der Waals surface area contributed by atoms with Gasteiger partial charge < -0.3 is 15.0 Å². The molecule has 0 spiro atoms. The molecular formula is C16H19F3N2O4. The fourth-order valence-corrected chi connectivity index (χ4v) is 3.36. The van der Waals surface area contributed by atoms with Crippen molar-refractivity contribution in [1.82, 2.24) is 9.88 Å². The van der Waals surface area contributed by atoms with Gasteiger partial charge in [0.25, 0.3) is 5.91 Å². The summed E-state index contributed by atoms with van der Waals surface area (Å²) in [7, 11) is 0. The van der Waals surface area contributed by atoms with Crippen LogP contribution in [0.25, 0.3) is 0 Å². The number of carbonyl (C=O) groups is 3. The number of aliphatic carboxylic acids is 1. The second kappa shape index (κ2) is 6.20. The largest absolute Gasteiger partial charge is 0.481 e. The molecule has 2 heterocycles. The SMILES string of the molecule is CCc1c(C(=O)N2CCC(C(=O)O)(C(F)(F)F)C2)[nH]c(C)c1C(C)=O. The zero-order valence-electron chi connectivity index (χ0n) is 14.1. The topological polar surface area (TPSA) is 90.5 Å². The van der Waals surface area contributed by atoms with Crippen LogP contribution in [0.1, 0.15) is 52.4 Å². The maximum absolute atomic E-state index is 13.3. The first-order chi connectivity index (χ1) is 11.5. The maximum atomic E-state index is 13.3.